The van der Waals surface area contributed by atoms with Gasteiger partial charge in [0.25, 0.3) is 0 Å². The van der Waals surface area contributed by atoms with E-state index in [0.717, 1.165) is 16.3 Å². The summed E-state index contributed by atoms with van der Waals surface area (Å²) < 4.78 is 5.53. The molecule has 1 nitrogen and oxygen atoms in total. The summed E-state index contributed by atoms with van der Waals surface area (Å²) in [4.78, 5) is 0. The van der Waals surface area contributed by atoms with Crippen molar-refractivity contribution in [3.05, 3.63) is 65.2 Å². The second kappa shape index (κ2) is 8.68. The molecule has 0 saturated carbocycles. The second-order valence-electron chi connectivity index (χ2n) is 3.15. The van der Waals surface area contributed by atoms with Crippen molar-refractivity contribution >= 4 is 25.2 Å². The van der Waals surface area contributed by atoms with Crippen molar-refractivity contribution in [2.45, 2.75) is 6.61 Å². The Bertz CT molecular complexity index is 436. The summed E-state index contributed by atoms with van der Waals surface area (Å²) in [7, 11) is 0. The van der Waals surface area contributed by atoms with Gasteiger partial charge in [0.1, 0.15) is 6.61 Å². The number of ether oxygens (including phenoxy) is 1. The third-order valence-corrected chi connectivity index (χ3v) is 2.20. The molecule has 0 amide bonds. The average Bonchev–Trinajstić information content (AvgIpc) is 2.40. The van der Waals surface area contributed by atoms with Gasteiger partial charge >= 0.3 is 30.0 Å². The Morgan fingerprint density at radius 2 is 2.00 bits per heavy atom. The maximum absolute atomic E-state index is 5.86. The SMILES string of the molecule is Clc1cccc(COc2[c-]cccc2)c1.[Zn+][Br]. The number of benzene rings is 2. The van der Waals surface area contributed by atoms with Crippen LogP contribution in [0.3, 0.4) is 0 Å². The van der Waals surface area contributed by atoms with Gasteiger partial charge in [-0.25, -0.2) is 0 Å². The van der Waals surface area contributed by atoms with Gasteiger partial charge in [-0.15, -0.1) is 12.1 Å². The number of halogens is 2. The zero-order valence-electron chi connectivity index (χ0n) is 9.20. The maximum atomic E-state index is 5.86. The monoisotopic (exact) mass is 360 g/mol. The van der Waals surface area contributed by atoms with E-state index >= 15 is 0 Å². The van der Waals surface area contributed by atoms with Crippen molar-refractivity contribution in [2.24, 2.45) is 0 Å². The van der Waals surface area contributed by atoms with Crippen LogP contribution in [0.25, 0.3) is 0 Å². The molecule has 0 radical (unpaired) electrons. The molecular weight excluding hydrogens is 353 g/mol. The van der Waals surface area contributed by atoms with Gasteiger partial charge in [-0.3, -0.25) is 0 Å². The predicted molar refractivity (Wildman–Crippen MR) is 70.0 cm³/mol. The Morgan fingerprint density at radius 3 is 2.65 bits per heavy atom. The van der Waals surface area contributed by atoms with Crippen molar-refractivity contribution in [1.82, 2.24) is 0 Å². The Labute approximate surface area is 123 Å². The van der Waals surface area contributed by atoms with Gasteiger partial charge in [-0.2, -0.15) is 18.2 Å². The summed E-state index contributed by atoms with van der Waals surface area (Å²) in [6.45, 7) is 0.515. The van der Waals surface area contributed by atoms with Crippen LogP contribution in [0.2, 0.25) is 5.02 Å². The number of hydrogen-bond donors (Lipinski definition) is 0. The van der Waals surface area contributed by atoms with Crippen molar-refractivity contribution in [3.8, 4) is 5.75 Å². The van der Waals surface area contributed by atoms with E-state index in [1.54, 1.807) is 0 Å². The van der Waals surface area contributed by atoms with E-state index in [9.17, 15) is 0 Å². The average molecular weight is 363 g/mol. The molecular formula is C13H10BrClOZn. The summed E-state index contributed by atoms with van der Waals surface area (Å²) in [6.07, 6.45) is 0. The first kappa shape index (κ1) is 14.7. The van der Waals surface area contributed by atoms with Crippen LogP contribution in [0.4, 0.5) is 0 Å². The molecule has 84 valence electrons. The fraction of sp³-hybridized carbons (Fsp3) is 0.0769. The van der Waals surface area contributed by atoms with E-state index in [0.29, 0.717) is 6.61 Å². The minimum atomic E-state index is 0.515. The van der Waals surface area contributed by atoms with E-state index < -0.39 is 0 Å². The zero-order chi connectivity index (χ0) is 12.5. The molecule has 0 aliphatic heterocycles. The van der Waals surface area contributed by atoms with Crippen LogP contribution in [0.5, 0.6) is 5.75 Å². The topological polar surface area (TPSA) is 9.23 Å². The zero-order valence-corrected chi connectivity index (χ0v) is 14.5. The van der Waals surface area contributed by atoms with Crippen LogP contribution in [0.1, 0.15) is 5.56 Å². The van der Waals surface area contributed by atoms with Crippen LogP contribution < -0.4 is 4.74 Å². The summed E-state index contributed by atoms with van der Waals surface area (Å²) >= 11 is 10.1. The predicted octanol–water partition coefficient (Wildman–Crippen LogP) is 4.56. The van der Waals surface area contributed by atoms with Gasteiger partial charge in [0.2, 0.25) is 0 Å². The molecule has 0 bridgehead atoms. The van der Waals surface area contributed by atoms with Gasteiger partial charge in [-0.05, 0) is 17.7 Å². The van der Waals surface area contributed by atoms with E-state index in [1.165, 1.54) is 16.3 Å². The first-order chi connectivity index (χ1) is 8.34. The third-order valence-electron chi connectivity index (χ3n) is 1.96. The molecule has 0 spiro atoms. The van der Waals surface area contributed by atoms with Gasteiger partial charge < -0.3 is 4.74 Å². The first-order valence-corrected chi connectivity index (χ1v) is 12.3. The summed E-state index contributed by atoms with van der Waals surface area (Å²) in [5, 5.41) is 0.730. The molecule has 2 aromatic carbocycles. The second-order valence-corrected chi connectivity index (χ2v) is 3.58. The molecule has 2 rings (SSSR count). The summed E-state index contributed by atoms with van der Waals surface area (Å²) in [6, 6.07) is 18.2. The van der Waals surface area contributed by atoms with Gasteiger partial charge in [0.15, 0.2) is 0 Å². The fourth-order valence-corrected chi connectivity index (χ4v) is 1.47. The van der Waals surface area contributed by atoms with Crippen LogP contribution in [0, 0.1) is 6.07 Å². The van der Waals surface area contributed by atoms with Gasteiger partial charge in [-0.1, -0.05) is 23.7 Å². The van der Waals surface area contributed by atoms with Crippen LogP contribution in [-0.2, 0) is 22.9 Å². The van der Waals surface area contributed by atoms with Crippen LogP contribution in [-0.4, -0.2) is 0 Å². The molecule has 2 aromatic rings. The van der Waals surface area contributed by atoms with Crippen LogP contribution >= 0.6 is 25.2 Å². The molecule has 0 aliphatic rings. The fourth-order valence-electron chi connectivity index (χ4n) is 1.25. The normalized spacial score (nSPS) is 9.18. The van der Waals surface area contributed by atoms with E-state index in [1.807, 2.05) is 48.5 Å². The quantitative estimate of drug-likeness (QED) is 0.574. The molecule has 0 unspecified atom stereocenters. The van der Waals surface area contributed by atoms with Gasteiger partial charge in [0.05, 0.1) is 0 Å². The molecule has 17 heavy (non-hydrogen) atoms. The van der Waals surface area contributed by atoms with Gasteiger partial charge in [0, 0.05) is 10.8 Å². The minimum absolute atomic E-state index is 0.515. The molecule has 0 heterocycles. The number of hydrogen-bond acceptors (Lipinski definition) is 1. The van der Waals surface area contributed by atoms with E-state index in [-0.39, 0.29) is 0 Å². The molecule has 4 heteroatoms. The Balaban J connectivity index is 0.000000686. The molecule has 0 fully saturated rings. The molecule has 0 aliphatic carbocycles. The molecule has 0 saturated heterocycles. The third kappa shape index (κ3) is 5.67. The van der Waals surface area contributed by atoms with Crippen molar-refractivity contribution < 1.29 is 21.1 Å². The first-order valence-electron chi connectivity index (χ1n) is 4.95. The van der Waals surface area contributed by atoms with Crippen LogP contribution in [0.15, 0.2) is 48.5 Å². The van der Waals surface area contributed by atoms with Crippen molar-refractivity contribution in [1.29, 1.82) is 0 Å². The standard InChI is InChI=1S/C13H10ClO.BrH.Zn/c14-12-6-4-5-11(9-12)10-15-13-7-2-1-3-8-13;;/h1-7,9H,10H2;1H;/q-1;;+2/p-1. The molecule has 0 atom stereocenters. The summed E-state index contributed by atoms with van der Waals surface area (Å²) in [5.74, 6) is 0.748. The Morgan fingerprint density at radius 1 is 1.18 bits per heavy atom. The number of para-hydroxylation sites is 1. The van der Waals surface area contributed by atoms with Crippen molar-refractivity contribution in [3.63, 3.8) is 0 Å². The van der Waals surface area contributed by atoms with E-state index in [4.69, 9.17) is 16.3 Å². The Hall–Kier alpha value is -0.367. The molecule has 0 N–H and O–H groups in total. The van der Waals surface area contributed by atoms with E-state index in [2.05, 4.69) is 19.7 Å². The Kier molecular flexibility index (Phi) is 7.51. The molecule has 0 aromatic heterocycles. The number of rotatable bonds is 3. The van der Waals surface area contributed by atoms with Crippen molar-refractivity contribution in [2.75, 3.05) is 0 Å². The summed E-state index contributed by atoms with van der Waals surface area (Å²) in [5.41, 5.74) is 1.06.